The topological polar surface area (TPSA) is 61.8 Å². The fraction of sp³-hybridized carbons (Fsp3) is 0.478. The van der Waals surface area contributed by atoms with Crippen LogP contribution in [0.25, 0.3) is 0 Å². The number of nitrogens with zero attached hydrogens (tertiary/aromatic N) is 3. The number of hydrogen-bond acceptors (Lipinski definition) is 4. The zero-order chi connectivity index (χ0) is 20.5. The number of pyridine rings is 1. The van der Waals surface area contributed by atoms with E-state index in [0.717, 1.165) is 43.0 Å². The second-order valence-electron chi connectivity index (χ2n) is 7.75. The van der Waals surface area contributed by atoms with Crippen molar-refractivity contribution in [3.63, 3.8) is 0 Å². The number of likely N-dealkylation sites (tertiary alicyclic amines) is 1. The number of nitrogens with one attached hydrogen (secondary N) is 2. The third-order valence-corrected chi connectivity index (χ3v) is 5.31. The molecule has 0 amide bonds. The normalized spacial score (nSPS) is 15.5. The third-order valence-electron chi connectivity index (χ3n) is 5.31. The van der Waals surface area contributed by atoms with E-state index in [1.807, 2.05) is 49.5 Å². The first-order valence-electron chi connectivity index (χ1n) is 10.5. The number of aromatic nitrogens is 1. The highest BCUT2D eigenvalue weighted by atomic mass is 127. The summed E-state index contributed by atoms with van der Waals surface area (Å²) in [5, 5.41) is 6.97. The molecule has 0 bridgehead atoms. The van der Waals surface area contributed by atoms with Crippen LogP contribution in [0.1, 0.15) is 37.8 Å². The van der Waals surface area contributed by atoms with Gasteiger partial charge in [-0.3, -0.25) is 4.99 Å². The molecule has 1 aliphatic rings. The Morgan fingerprint density at radius 1 is 1.17 bits per heavy atom. The minimum Gasteiger partial charge on any atom is -0.473 e. The average Bonchev–Trinajstić information content (AvgIpc) is 2.76. The van der Waals surface area contributed by atoms with Gasteiger partial charge in [0.05, 0.1) is 0 Å². The van der Waals surface area contributed by atoms with Crippen molar-refractivity contribution in [3.8, 4) is 5.88 Å². The Kier molecular flexibility index (Phi) is 10.4. The molecule has 1 aromatic carbocycles. The van der Waals surface area contributed by atoms with Crippen LogP contribution < -0.4 is 15.4 Å². The molecule has 0 atom stereocenters. The van der Waals surface area contributed by atoms with Gasteiger partial charge in [0.1, 0.15) is 6.61 Å². The van der Waals surface area contributed by atoms with Gasteiger partial charge in [-0.2, -0.15) is 0 Å². The summed E-state index contributed by atoms with van der Waals surface area (Å²) in [6.07, 6.45) is 4.08. The van der Waals surface area contributed by atoms with E-state index in [-0.39, 0.29) is 24.0 Å². The molecule has 6 nitrogen and oxygen atoms in total. The van der Waals surface area contributed by atoms with E-state index in [4.69, 9.17) is 4.74 Å². The van der Waals surface area contributed by atoms with E-state index in [9.17, 15) is 0 Å². The van der Waals surface area contributed by atoms with Crippen molar-refractivity contribution in [1.82, 2.24) is 20.5 Å². The molecule has 3 rings (SSSR count). The van der Waals surface area contributed by atoms with Gasteiger partial charge < -0.3 is 20.3 Å². The molecule has 164 valence electrons. The van der Waals surface area contributed by atoms with Crippen molar-refractivity contribution in [2.24, 2.45) is 4.99 Å². The highest BCUT2D eigenvalue weighted by Crippen LogP contribution is 2.14. The molecule has 2 aromatic rings. The number of rotatable bonds is 7. The second-order valence-corrected chi connectivity index (χ2v) is 7.75. The minimum atomic E-state index is 0. The van der Waals surface area contributed by atoms with Crippen LogP contribution in [-0.4, -0.2) is 48.1 Å². The standard InChI is InChI=1S/C23H33N5O.HI/c1-18(2)28-13-10-21(11-14-28)27-23(24-3)26-16-20-9-12-25-22(15-20)29-17-19-7-5-4-6-8-19;/h4-9,12,15,18,21H,10-11,13-14,16-17H2,1-3H3,(H2,24,26,27);1H. The van der Waals surface area contributed by atoms with Crippen molar-refractivity contribution in [3.05, 3.63) is 59.8 Å². The van der Waals surface area contributed by atoms with Crippen LogP contribution in [0.2, 0.25) is 0 Å². The van der Waals surface area contributed by atoms with E-state index in [1.54, 1.807) is 6.20 Å². The predicted octanol–water partition coefficient (Wildman–Crippen LogP) is 3.82. The summed E-state index contributed by atoms with van der Waals surface area (Å²) in [5.74, 6) is 1.48. The van der Waals surface area contributed by atoms with Gasteiger partial charge in [0.25, 0.3) is 0 Å². The van der Waals surface area contributed by atoms with E-state index in [1.165, 1.54) is 0 Å². The zero-order valence-corrected chi connectivity index (χ0v) is 20.5. The molecule has 1 saturated heterocycles. The summed E-state index contributed by atoms with van der Waals surface area (Å²) in [6, 6.07) is 15.2. The summed E-state index contributed by atoms with van der Waals surface area (Å²) in [6.45, 7) is 8.00. The van der Waals surface area contributed by atoms with Crippen LogP contribution in [0.5, 0.6) is 5.88 Å². The molecule has 1 fully saturated rings. The summed E-state index contributed by atoms with van der Waals surface area (Å²) >= 11 is 0. The Morgan fingerprint density at radius 2 is 1.90 bits per heavy atom. The van der Waals surface area contributed by atoms with Gasteiger partial charge in [0, 0.05) is 51.0 Å². The van der Waals surface area contributed by atoms with Crippen molar-refractivity contribution in [1.29, 1.82) is 0 Å². The summed E-state index contributed by atoms with van der Waals surface area (Å²) in [7, 11) is 1.82. The average molecular weight is 523 g/mol. The first-order valence-corrected chi connectivity index (χ1v) is 10.5. The number of benzene rings is 1. The lowest BCUT2D eigenvalue weighted by Gasteiger charge is -2.35. The lowest BCUT2D eigenvalue weighted by molar-refractivity contribution is 0.167. The molecule has 7 heteroatoms. The van der Waals surface area contributed by atoms with E-state index in [2.05, 4.69) is 39.4 Å². The van der Waals surface area contributed by atoms with Crippen LogP contribution in [-0.2, 0) is 13.2 Å². The Bertz CT molecular complexity index is 776. The van der Waals surface area contributed by atoms with Crippen LogP contribution in [0.15, 0.2) is 53.7 Å². The molecule has 2 heterocycles. The van der Waals surface area contributed by atoms with Crippen molar-refractivity contribution in [2.75, 3.05) is 20.1 Å². The molecule has 0 radical (unpaired) electrons. The third kappa shape index (κ3) is 7.75. The maximum absolute atomic E-state index is 5.83. The number of piperidine rings is 1. The number of aliphatic imine (C=N–C) groups is 1. The van der Waals surface area contributed by atoms with Gasteiger partial charge in [-0.15, -0.1) is 24.0 Å². The maximum Gasteiger partial charge on any atom is 0.213 e. The van der Waals surface area contributed by atoms with E-state index < -0.39 is 0 Å². The summed E-state index contributed by atoms with van der Waals surface area (Å²) in [4.78, 5) is 11.2. The number of hydrogen-bond donors (Lipinski definition) is 2. The first kappa shape index (κ1) is 24.4. The van der Waals surface area contributed by atoms with E-state index in [0.29, 0.717) is 31.1 Å². The highest BCUT2D eigenvalue weighted by Gasteiger charge is 2.21. The quantitative estimate of drug-likeness (QED) is 0.329. The molecule has 2 N–H and O–H groups in total. The number of halogens is 1. The molecular formula is C23H34IN5O. The highest BCUT2D eigenvalue weighted by molar-refractivity contribution is 14.0. The molecule has 0 aliphatic carbocycles. The van der Waals surface area contributed by atoms with Crippen LogP contribution in [0, 0.1) is 0 Å². The lowest BCUT2D eigenvalue weighted by atomic mass is 10.0. The molecule has 0 spiro atoms. The Hall–Kier alpha value is -1.87. The van der Waals surface area contributed by atoms with Crippen LogP contribution in [0.3, 0.4) is 0 Å². The van der Waals surface area contributed by atoms with E-state index >= 15 is 0 Å². The minimum absolute atomic E-state index is 0. The van der Waals surface area contributed by atoms with Gasteiger partial charge in [-0.1, -0.05) is 30.3 Å². The molecule has 1 aliphatic heterocycles. The van der Waals surface area contributed by atoms with Gasteiger partial charge >= 0.3 is 0 Å². The molecule has 1 aromatic heterocycles. The largest absolute Gasteiger partial charge is 0.473 e. The number of guanidine groups is 1. The van der Waals surface area contributed by atoms with Gasteiger partial charge in [-0.05, 0) is 43.9 Å². The van der Waals surface area contributed by atoms with Crippen molar-refractivity contribution >= 4 is 29.9 Å². The fourth-order valence-electron chi connectivity index (χ4n) is 3.50. The summed E-state index contributed by atoms with van der Waals surface area (Å²) in [5.41, 5.74) is 2.24. The van der Waals surface area contributed by atoms with Crippen LogP contribution >= 0.6 is 24.0 Å². The Labute approximate surface area is 197 Å². The molecule has 30 heavy (non-hydrogen) atoms. The smallest absolute Gasteiger partial charge is 0.213 e. The second kappa shape index (κ2) is 12.7. The van der Waals surface area contributed by atoms with Gasteiger partial charge in [0.2, 0.25) is 5.88 Å². The molecule has 0 saturated carbocycles. The van der Waals surface area contributed by atoms with Crippen molar-refractivity contribution in [2.45, 2.75) is 51.9 Å². The predicted molar refractivity (Wildman–Crippen MR) is 133 cm³/mol. The van der Waals surface area contributed by atoms with Gasteiger partial charge in [0.15, 0.2) is 5.96 Å². The summed E-state index contributed by atoms with van der Waals surface area (Å²) < 4.78 is 5.83. The number of ether oxygens (including phenoxy) is 1. The van der Waals surface area contributed by atoms with Crippen molar-refractivity contribution < 1.29 is 4.74 Å². The monoisotopic (exact) mass is 523 g/mol. The Balaban J connectivity index is 0.00000320. The molecular weight excluding hydrogens is 489 g/mol. The zero-order valence-electron chi connectivity index (χ0n) is 18.2. The first-order chi connectivity index (χ1) is 14.1. The van der Waals surface area contributed by atoms with Gasteiger partial charge in [-0.25, -0.2) is 4.98 Å². The van der Waals surface area contributed by atoms with Crippen LogP contribution in [0.4, 0.5) is 0 Å². The maximum atomic E-state index is 5.83. The Morgan fingerprint density at radius 3 is 2.57 bits per heavy atom. The SMILES string of the molecule is CN=C(NCc1ccnc(OCc2ccccc2)c1)NC1CCN(C(C)C)CC1.I. The lowest BCUT2D eigenvalue weighted by Crippen LogP contribution is -2.49. The molecule has 0 unspecified atom stereocenters. The fourth-order valence-corrected chi connectivity index (χ4v) is 3.50.